The van der Waals surface area contributed by atoms with Crippen molar-refractivity contribution in [1.82, 2.24) is 0 Å². The highest BCUT2D eigenvalue weighted by Crippen LogP contribution is 2.21. The summed E-state index contributed by atoms with van der Waals surface area (Å²) in [5, 5.41) is 21.2. The van der Waals surface area contributed by atoms with Gasteiger partial charge in [0.05, 0.1) is 10.6 Å². The molecule has 0 heterocycles. The van der Waals surface area contributed by atoms with Gasteiger partial charge >= 0.3 is 5.97 Å². The van der Waals surface area contributed by atoms with Crippen molar-refractivity contribution in [3.05, 3.63) is 28.8 Å². The van der Waals surface area contributed by atoms with E-state index in [2.05, 4.69) is 12.2 Å². The van der Waals surface area contributed by atoms with E-state index in [1.54, 1.807) is 12.1 Å². The third-order valence-corrected chi connectivity index (χ3v) is 3.63. The van der Waals surface area contributed by atoms with Crippen LogP contribution in [0.3, 0.4) is 0 Å². The summed E-state index contributed by atoms with van der Waals surface area (Å²) in [6, 6.07) is 7.26. The van der Waals surface area contributed by atoms with Crippen LogP contribution in [0.5, 0.6) is 0 Å². The van der Waals surface area contributed by atoms with Gasteiger partial charge in [-0.25, -0.2) is 0 Å². The van der Waals surface area contributed by atoms with Gasteiger partial charge in [0.25, 0.3) is 0 Å². The molecule has 0 amide bonds. The number of hydrogen-bond acceptors (Lipinski definition) is 3. The standard InChI is InChI=1S/C15H19ClN2O2/c1-2-11(3-6-15(19)20)7-8-18-13-5-4-12(10-17)14(16)9-13/h4-5,9,11,18H,2-3,6-8H2,1H3,(H,19,20). The number of carbonyl (C=O) groups is 1. The van der Waals surface area contributed by atoms with Crippen molar-refractivity contribution in [1.29, 1.82) is 5.26 Å². The average Bonchev–Trinajstić information content (AvgIpc) is 2.42. The summed E-state index contributed by atoms with van der Waals surface area (Å²) >= 11 is 5.96. The minimum atomic E-state index is -0.740. The van der Waals surface area contributed by atoms with Crippen molar-refractivity contribution in [2.45, 2.75) is 32.6 Å². The third kappa shape index (κ3) is 5.50. The molecule has 4 nitrogen and oxygen atoms in total. The molecule has 20 heavy (non-hydrogen) atoms. The maximum Gasteiger partial charge on any atom is 0.303 e. The Morgan fingerprint density at radius 1 is 1.50 bits per heavy atom. The Hall–Kier alpha value is -1.73. The van der Waals surface area contributed by atoms with Gasteiger partial charge in [-0.15, -0.1) is 0 Å². The van der Waals surface area contributed by atoms with Crippen LogP contribution in [0.25, 0.3) is 0 Å². The lowest BCUT2D eigenvalue weighted by atomic mass is 9.96. The molecule has 108 valence electrons. The van der Waals surface area contributed by atoms with Gasteiger partial charge in [0.1, 0.15) is 6.07 Å². The highest BCUT2D eigenvalue weighted by atomic mass is 35.5. The van der Waals surface area contributed by atoms with Crippen LogP contribution in [0, 0.1) is 17.2 Å². The number of rotatable bonds is 8. The zero-order valence-corrected chi connectivity index (χ0v) is 12.3. The summed E-state index contributed by atoms with van der Waals surface area (Å²) in [6.45, 7) is 2.84. The zero-order chi connectivity index (χ0) is 15.0. The molecule has 0 aromatic heterocycles. The molecule has 1 aromatic carbocycles. The number of carboxylic acid groups (broad SMARTS) is 1. The van der Waals surface area contributed by atoms with E-state index in [1.807, 2.05) is 12.1 Å². The average molecular weight is 295 g/mol. The number of anilines is 1. The number of carboxylic acids is 1. The topological polar surface area (TPSA) is 73.1 Å². The van der Waals surface area contributed by atoms with Gasteiger partial charge in [-0.05, 0) is 37.0 Å². The van der Waals surface area contributed by atoms with Crippen LogP contribution in [0.4, 0.5) is 5.69 Å². The molecule has 1 atom stereocenters. The van der Waals surface area contributed by atoms with E-state index in [-0.39, 0.29) is 6.42 Å². The minimum absolute atomic E-state index is 0.223. The van der Waals surface area contributed by atoms with Crippen molar-refractivity contribution in [3.8, 4) is 6.07 Å². The molecule has 0 aliphatic heterocycles. The van der Waals surface area contributed by atoms with E-state index in [1.165, 1.54) is 0 Å². The van der Waals surface area contributed by atoms with Crippen LogP contribution in [0.1, 0.15) is 38.2 Å². The molecule has 0 aliphatic carbocycles. The van der Waals surface area contributed by atoms with Crippen molar-refractivity contribution >= 4 is 23.3 Å². The van der Waals surface area contributed by atoms with E-state index in [0.29, 0.717) is 22.9 Å². The maximum atomic E-state index is 10.6. The summed E-state index contributed by atoms with van der Waals surface area (Å²) in [6.07, 6.45) is 2.83. The summed E-state index contributed by atoms with van der Waals surface area (Å²) < 4.78 is 0. The van der Waals surface area contributed by atoms with Gasteiger partial charge in [-0.1, -0.05) is 24.9 Å². The van der Waals surface area contributed by atoms with Crippen LogP contribution in [0.15, 0.2) is 18.2 Å². The molecule has 0 spiro atoms. The Kier molecular flexibility index (Phi) is 6.89. The molecule has 0 fully saturated rings. The highest BCUT2D eigenvalue weighted by molar-refractivity contribution is 6.32. The van der Waals surface area contributed by atoms with Crippen LogP contribution >= 0.6 is 11.6 Å². The molecule has 0 saturated carbocycles. The minimum Gasteiger partial charge on any atom is -0.481 e. The number of benzene rings is 1. The predicted molar refractivity (Wildman–Crippen MR) is 79.9 cm³/mol. The van der Waals surface area contributed by atoms with Gasteiger partial charge in [0, 0.05) is 18.7 Å². The first kappa shape index (κ1) is 16.3. The zero-order valence-electron chi connectivity index (χ0n) is 11.5. The summed E-state index contributed by atoms with van der Waals surface area (Å²) in [7, 11) is 0. The van der Waals surface area contributed by atoms with Crippen molar-refractivity contribution in [3.63, 3.8) is 0 Å². The molecule has 2 N–H and O–H groups in total. The SMILES string of the molecule is CCC(CCNc1ccc(C#N)c(Cl)c1)CCC(=O)O. The van der Waals surface area contributed by atoms with Crippen LogP contribution < -0.4 is 5.32 Å². The van der Waals surface area contributed by atoms with E-state index in [4.69, 9.17) is 22.0 Å². The first-order chi connectivity index (χ1) is 9.56. The molecular weight excluding hydrogens is 276 g/mol. The maximum absolute atomic E-state index is 10.6. The van der Waals surface area contributed by atoms with Crippen molar-refractivity contribution in [2.24, 2.45) is 5.92 Å². The number of aliphatic carboxylic acids is 1. The van der Waals surface area contributed by atoms with Gasteiger partial charge in [-0.2, -0.15) is 5.26 Å². The molecule has 0 radical (unpaired) electrons. The number of nitrogens with one attached hydrogen (secondary N) is 1. The molecule has 1 rings (SSSR count). The van der Waals surface area contributed by atoms with E-state index < -0.39 is 5.97 Å². The number of nitriles is 1. The quantitative estimate of drug-likeness (QED) is 0.762. The van der Waals surface area contributed by atoms with E-state index >= 15 is 0 Å². The second-order valence-electron chi connectivity index (χ2n) is 4.73. The molecule has 0 saturated heterocycles. The fourth-order valence-corrected chi connectivity index (χ4v) is 2.24. The lowest BCUT2D eigenvalue weighted by Crippen LogP contribution is -2.10. The lowest BCUT2D eigenvalue weighted by Gasteiger charge is -2.14. The van der Waals surface area contributed by atoms with Gasteiger partial charge in [0.15, 0.2) is 0 Å². The Labute approximate surface area is 124 Å². The van der Waals surface area contributed by atoms with Gasteiger partial charge < -0.3 is 10.4 Å². The normalized spacial score (nSPS) is 11.7. The molecule has 0 bridgehead atoms. The summed E-state index contributed by atoms with van der Waals surface area (Å²) in [5.74, 6) is -0.331. The fraction of sp³-hybridized carbons (Fsp3) is 0.467. The van der Waals surface area contributed by atoms with Crippen LogP contribution in [-0.4, -0.2) is 17.6 Å². The second-order valence-corrected chi connectivity index (χ2v) is 5.14. The van der Waals surface area contributed by atoms with Crippen LogP contribution in [-0.2, 0) is 4.79 Å². The Morgan fingerprint density at radius 3 is 2.80 bits per heavy atom. The fourth-order valence-electron chi connectivity index (χ4n) is 2.02. The second kappa shape index (κ2) is 8.44. The molecule has 1 unspecified atom stereocenters. The van der Waals surface area contributed by atoms with Crippen molar-refractivity contribution in [2.75, 3.05) is 11.9 Å². The number of hydrogen-bond donors (Lipinski definition) is 2. The first-order valence-electron chi connectivity index (χ1n) is 6.72. The molecule has 1 aromatic rings. The Morgan fingerprint density at radius 2 is 2.25 bits per heavy atom. The summed E-state index contributed by atoms with van der Waals surface area (Å²) in [4.78, 5) is 10.6. The number of nitrogens with zero attached hydrogens (tertiary/aromatic N) is 1. The summed E-state index contributed by atoms with van der Waals surface area (Å²) in [5.41, 5.74) is 1.34. The molecular formula is C15H19ClN2O2. The number of halogens is 1. The first-order valence-corrected chi connectivity index (χ1v) is 7.10. The Bertz CT molecular complexity index is 497. The van der Waals surface area contributed by atoms with Gasteiger partial charge in [-0.3, -0.25) is 4.79 Å². The van der Waals surface area contributed by atoms with E-state index in [9.17, 15) is 4.79 Å². The van der Waals surface area contributed by atoms with E-state index in [0.717, 1.165) is 25.1 Å². The lowest BCUT2D eigenvalue weighted by molar-refractivity contribution is -0.137. The Balaban J connectivity index is 2.41. The smallest absolute Gasteiger partial charge is 0.303 e. The van der Waals surface area contributed by atoms with Crippen molar-refractivity contribution < 1.29 is 9.90 Å². The third-order valence-electron chi connectivity index (χ3n) is 3.32. The molecule has 5 heteroatoms. The van der Waals surface area contributed by atoms with Gasteiger partial charge in [0.2, 0.25) is 0 Å². The monoisotopic (exact) mass is 294 g/mol. The predicted octanol–water partition coefficient (Wildman–Crippen LogP) is 3.90. The highest BCUT2D eigenvalue weighted by Gasteiger charge is 2.09. The largest absolute Gasteiger partial charge is 0.481 e. The molecule has 0 aliphatic rings. The van der Waals surface area contributed by atoms with Crippen LogP contribution in [0.2, 0.25) is 5.02 Å².